The molecule has 8 heteroatoms. The number of thiol groups is 1. The van der Waals surface area contributed by atoms with E-state index in [-0.39, 0.29) is 0 Å². The Morgan fingerprint density at radius 3 is 2.12 bits per heavy atom. The fraction of sp³-hybridized carbons (Fsp3) is 0. The van der Waals surface area contributed by atoms with Gasteiger partial charge in [-0.05, 0) is 22.4 Å². The minimum Gasteiger partial charge on any atom is -0.320 e. The highest BCUT2D eigenvalue weighted by Crippen LogP contribution is 2.25. The Morgan fingerprint density at radius 1 is 1.50 bits per heavy atom. The molecule has 2 unspecified atom stereocenters. The lowest BCUT2D eigenvalue weighted by Crippen LogP contribution is -1.77. The Labute approximate surface area is 73.8 Å². The Morgan fingerprint density at radius 2 is 2.00 bits per heavy atom. The summed E-state index contributed by atoms with van der Waals surface area (Å²) in [6.07, 6.45) is 0. The van der Waals surface area contributed by atoms with Crippen LogP contribution in [0.4, 0.5) is 0 Å². The first-order valence-electron chi connectivity index (χ1n) is 1.20. The third-order valence-corrected chi connectivity index (χ3v) is 14.8. The van der Waals surface area contributed by atoms with Crippen LogP contribution in [0.25, 0.3) is 0 Å². The van der Waals surface area contributed by atoms with Crippen molar-refractivity contribution in [1.29, 1.82) is 0 Å². The summed E-state index contributed by atoms with van der Waals surface area (Å²) in [6.45, 7) is 0. The van der Waals surface area contributed by atoms with Crippen LogP contribution < -0.4 is 0 Å². The van der Waals surface area contributed by atoms with E-state index in [0.717, 1.165) is 0 Å². The quantitative estimate of drug-likeness (QED) is 0.445. The van der Waals surface area contributed by atoms with E-state index in [4.69, 9.17) is 26.9 Å². The van der Waals surface area contributed by atoms with Gasteiger partial charge in [0.05, 0.1) is 11.1 Å². The molecule has 0 aliphatic carbocycles. The van der Waals surface area contributed by atoms with Crippen molar-refractivity contribution in [3.8, 4) is 0 Å². The lowest BCUT2D eigenvalue weighted by atomic mass is 15.9. The van der Waals surface area contributed by atoms with Crippen LogP contribution in [0.5, 0.6) is 0 Å². The summed E-state index contributed by atoms with van der Waals surface area (Å²) in [6, 6.07) is 0. The van der Waals surface area contributed by atoms with Gasteiger partial charge < -0.3 is 4.55 Å². The molecule has 1 nitrogen and oxygen atoms in total. The molecule has 0 rings (SSSR count). The van der Waals surface area contributed by atoms with E-state index in [9.17, 15) is 0 Å². The fourth-order valence-electron chi connectivity index (χ4n) is 0.0486. The van der Waals surface area contributed by atoms with Crippen LogP contribution in [0.15, 0.2) is 0 Å². The van der Waals surface area contributed by atoms with Gasteiger partial charge in [0.2, 0.25) is 0 Å². The molecule has 0 aliphatic rings. The molecule has 0 saturated carbocycles. The minimum atomic E-state index is -0.458. The zero-order valence-corrected chi connectivity index (χ0v) is 9.14. The molecule has 0 aromatic carbocycles. The molecule has 0 amide bonds. The smallest absolute Gasteiger partial charge is 0.0723 e. The zero-order valence-electron chi connectivity index (χ0n) is 3.34. The summed E-state index contributed by atoms with van der Waals surface area (Å²) < 4.78 is 8.23. The highest BCUT2D eigenvalue weighted by molar-refractivity contribution is 9.35. The van der Waals surface area contributed by atoms with Crippen molar-refractivity contribution in [2.75, 3.05) is 0 Å². The van der Waals surface area contributed by atoms with Crippen molar-refractivity contribution < 1.29 is 4.55 Å². The van der Waals surface area contributed by atoms with Crippen LogP contribution in [0.2, 0.25) is 0 Å². The van der Waals surface area contributed by atoms with Crippen LogP contribution in [-0.2, 0) is 37.4 Å². The third kappa shape index (κ3) is 4.98. The molecule has 8 heavy (non-hydrogen) atoms. The van der Waals surface area contributed by atoms with Crippen molar-refractivity contribution in [3.63, 3.8) is 0 Å². The normalized spacial score (nSPS) is 17.8. The van der Waals surface area contributed by atoms with Crippen molar-refractivity contribution in [3.05, 3.63) is 0 Å². The molecule has 0 heterocycles. The highest BCUT2D eigenvalue weighted by atomic mass is 34.0. The first-order chi connectivity index (χ1) is 3.68. The summed E-state index contributed by atoms with van der Waals surface area (Å²) in [4.78, 5) is 0. The van der Waals surface area contributed by atoms with Crippen LogP contribution in [-0.4, -0.2) is 4.55 Å². The standard InChI is InChI=1S/H2OS7/c1-5-6-8(4)7(2)3/h1H,(H,2,3). The average Bonchev–Trinajstić information content (AvgIpc) is 1.67. The Balaban J connectivity index is 3.49. The van der Waals surface area contributed by atoms with Gasteiger partial charge in [-0.3, -0.25) is 0 Å². The monoisotopic (exact) mass is 242 g/mol. The summed E-state index contributed by atoms with van der Waals surface area (Å²) in [5.74, 6) is 0. The Bertz CT molecular complexity index is 103. The van der Waals surface area contributed by atoms with Crippen molar-refractivity contribution >= 4 is 70.0 Å². The van der Waals surface area contributed by atoms with E-state index in [1.165, 1.54) is 9.83 Å². The van der Waals surface area contributed by atoms with E-state index >= 15 is 0 Å². The zero-order chi connectivity index (χ0) is 6.57. The average molecular weight is 242 g/mol. The van der Waals surface area contributed by atoms with Crippen molar-refractivity contribution in [2.45, 2.75) is 0 Å². The summed E-state index contributed by atoms with van der Waals surface area (Å²) in [5.41, 5.74) is 0. The Kier molecular flexibility index (Phi) is 7.48. The predicted molar refractivity (Wildman–Crippen MR) is 56.3 cm³/mol. The molecule has 0 fully saturated rings. The van der Waals surface area contributed by atoms with E-state index < -0.39 is 15.0 Å². The first-order valence-corrected chi connectivity index (χ1v) is 9.69. The van der Waals surface area contributed by atoms with Gasteiger partial charge in [0, 0.05) is 24.9 Å². The predicted octanol–water partition coefficient (Wildman–Crippen LogP) is 1.68. The second kappa shape index (κ2) is 5.90. The second-order valence-corrected chi connectivity index (χ2v) is 13.9. The summed E-state index contributed by atoms with van der Waals surface area (Å²) in [7, 11) is 0.326. The van der Waals surface area contributed by atoms with E-state index in [1.54, 1.807) is 0 Å². The maximum Gasteiger partial charge on any atom is 0.0723 e. The molecular formula is H2OS7. The molecule has 0 saturated heterocycles. The first kappa shape index (κ1) is 10.2. The number of rotatable bonds is 3. The fourth-order valence-corrected chi connectivity index (χ4v) is 7.79. The van der Waals surface area contributed by atoms with Crippen LogP contribution in [0.1, 0.15) is 0 Å². The van der Waals surface area contributed by atoms with E-state index in [2.05, 4.69) is 11.7 Å². The minimum absolute atomic E-state index is 0.402. The summed E-state index contributed by atoms with van der Waals surface area (Å²) >= 11 is 14.1. The highest BCUT2D eigenvalue weighted by Gasteiger charge is 1.94. The van der Waals surface area contributed by atoms with Gasteiger partial charge in [-0.1, -0.05) is 11.7 Å². The van der Waals surface area contributed by atoms with Gasteiger partial charge in [-0.25, -0.2) is 0 Å². The molecule has 0 bridgehead atoms. The second-order valence-electron chi connectivity index (χ2n) is 0.564. The lowest BCUT2D eigenvalue weighted by molar-refractivity contribution is 0.676. The maximum absolute atomic E-state index is 8.23. The van der Waals surface area contributed by atoms with Crippen molar-refractivity contribution in [2.24, 2.45) is 0 Å². The number of hydrogen-bond acceptors (Lipinski definition) is 5. The van der Waals surface area contributed by atoms with Crippen LogP contribution in [0, 0.1) is 0 Å². The molecule has 2 atom stereocenters. The van der Waals surface area contributed by atoms with Crippen LogP contribution >= 0.6 is 32.6 Å². The van der Waals surface area contributed by atoms with Gasteiger partial charge in [-0.15, -0.1) is 0 Å². The molecule has 0 aromatic heterocycles. The van der Waals surface area contributed by atoms with Crippen molar-refractivity contribution in [1.82, 2.24) is 0 Å². The molecule has 0 aliphatic heterocycles. The lowest BCUT2D eigenvalue weighted by Gasteiger charge is -1.93. The maximum atomic E-state index is 8.23. The van der Waals surface area contributed by atoms with Gasteiger partial charge >= 0.3 is 0 Å². The van der Waals surface area contributed by atoms with E-state index in [1.807, 2.05) is 0 Å². The molecular weight excluding hydrogens is 240 g/mol. The largest absolute Gasteiger partial charge is 0.320 e. The van der Waals surface area contributed by atoms with Gasteiger partial charge in [0.1, 0.15) is 0 Å². The third-order valence-electron chi connectivity index (χ3n) is 0.202. The molecule has 0 aromatic rings. The van der Waals surface area contributed by atoms with Crippen LogP contribution in [0.3, 0.4) is 0 Å². The van der Waals surface area contributed by atoms with Gasteiger partial charge in [0.15, 0.2) is 0 Å². The Hall–Kier alpha value is 2.15. The van der Waals surface area contributed by atoms with Gasteiger partial charge in [-0.2, -0.15) is 0 Å². The SMILES string of the molecule is OSSS(=S)S(=S)S. The summed E-state index contributed by atoms with van der Waals surface area (Å²) in [5, 5.41) is 0. The number of hydrogen-bond donors (Lipinski definition) is 2. The molecule has 50 valence electrons. The molecule has 0 radical (unpaired) electrons. The van der Waals surface area contributed by atoms with E-state index in [0.29, 0.717) is 11.1 Å². The molecule has 1 N–H and O–H groups in total. The molecule has 0 spiro atoms. The van der Waals surface area contributed by atoms with Gasteiger partial charge in [0.25, 0.3) is 0 Å². The topological polar surface area (TPSA) is 20.2 Å².